The van der Waals surface area contributed by atoms with Crippen LogP contribution in [0.5, 0.6) is 0 Å². The largest absolute Gasteiger partial charge is 0.321 e. The van der Waals surface area contributed by atoms with Crippen LogP contribution in [0.25, 0.3) is 0 Å². The smallest absolute Gasteiger partial charge is 0.0516 e. The molecule has 0 aliphatic carbocycles. The van der Waals surface area contributed by atoms with Crippen LogP contribution in [0.1, 0.15) is 18.5 Å². The lowest BCUT2D eigenvalue weighted by molar-refractivity contribution is 0.845. The lowest BCUT2D eigenvalue weighted by Gasteiger charge is -2.13. The number of benzene rings is 1. The summed E-state index contributed by atoms with van der Waals surface area (Å²) >= 11 is 9.22. The molecule has 0 aliphatic rings. The minimum atomic E-state index is -0.133. The Hall–Kier alpha value is -0.310. The van der Waals surface area contributed by atoms with Gasteiger partial charge in [-0.1, -0.05) is 45.7 Å². The van der Waals surface area contributed by atoms with Gasteiger partial charge in [-0.15, -0.1) is 0 Å². The van der Waals surface area contributed by atoms with Gasteiger partial charge in [-0.3, -0.25) is 0 Å². The zero-order valence-electron chi connectivity index (χ0n) is 7.35. The second-order valence-electron chi connectivity index (χ2n) is 2.99. The van der Waals surface area contributed by atoms with Crippen LogP contribution >= 0.6 is 27.5 Å². The van der Waals surface area contributed by atoms with Crippen molar-refractivity contribution in [3.05, 3.63) is 45.4 Å². The molecule has 1 aromatic carbocycles. The van der Waals surface area contributed by atoms with Gasteiger partial charge in [-0.05, 0) is 24.6 Å². The lowest BCUT2D eigenvalue weighted by Crippen LogP contribution is -2.11. The zero-order valence-corrected chi connectivity index (χ0v) is 9.69. The summed E-state index contributed by atoms with van der Waals surface area (Å²) in [7, 11) is 0. The second-order valence-corrected chi connectivity index (χ2v) is 4.28. The summed E-state index contributed by atoms with van der Waals surface area (Å²) in [5.41, 5.74) is 7.86. The lowest BCUT2D eigenvalue weighted by atomic mass is 10.0. The van der Waals surface area contributed by atoms with Crippen LogP contribution in [0.3, 0.4) is 0 Å². The summed E-state index contributed by atoms with van der Waals surface area (Å²) in [5.74, 6) is 0. The fourth-order valence-electron chi connectivity index (χ4n) is 1.02. The van der Waals surface area contributed by atoms with Crippen LogP contribution in [-0.2, 0) is 0 Å². The van der Waals surface area contributed by atoms with E-state index in [0.717, 1.165) is 15.6 Å². The molecule has 1 aromatic rings. The van der Waals surface area contributed by atoms with E-state index in [2.05, 4.69) is 22.5 Å². The van der Waals surface area contributed by atoms with Crippen molar-refractivity contribution in [3.63, 3.8) is 0 Å². The molecule has 3 heteroatoms. The van der Waals surface area contributed by atoms with Crippen molar-refractivity contribution in [2.24, 2.45) is 5.73 Å². The Morgan fingerprint density at radius 1 is 1.62 bits per heavy atom. The maximum absolute atomic E-state index is 5.92. The minimum absolute atomic E-state index is 0.133. The van der Waals surface area contributed by atoms with Crippen LogP contribution in [-0.4, -0.2) is 0 Å². The van der Waals surface area contributed by atoms with Gasteiger partial charge in [0.05, 0.1) is 6.04 Å². The Labute approximate surface area is 91.7 Å². The standard InChI is InChI=1S/C10H11BrClN/c1-6(2)10(13)8-4-3-7(12)5-9(8)11/h3-5,10H,1,13H2,2H3. The van der Waals surface area contributed by atoms with E-state index in [4.69, 9.17) is 17.3 Å². The minimum Gasteiger partial charge on any atom is -0.321 e. The molecule has 0 bridgehead atoms. The molecule has 0 saturated carbocycles. The van der Waals surface area contributed by atoms with Crippen LogP contribution in [0, 0.1) is 0 Å². The summed E-state index contributed by atoms with van der Waals surface area (Å²) in [4.78, 5) is 0. The molecule has 13 heavy (non-hydrogen) atoms. The van der Waals surface area contributed by atoms with Crippen molar-refractivity contribution in [1.82, 2.24) is 0 Å². The molecule has 70 valence electrons. The highest BCUT2D eigenvalue weighted by Gasteiger charge is 2.09. The van der Waals surface area contributed by atoms with Crippen molar-refractivity contribution in [2.75, 3.05) is 0 Å². The molecule has 0 aliphatic heterocycles. The predicted octanol–water partition coefficient (Wildman–Crippen LogP) is 3.68. The Balaban J connectivity index is 3.08. The first-order valence-corrected chi connectivity index (χ1v) is 5.05. The third-order valence-corrected chi connectivity index (χ3v) is 2.75. The quantitative estimate of drug-likeness (QED) is 0.807. The number of nitrogens with two attached hydrogens (primary N) is 1. The summed E-state index contributed by atoms with van der Waals surface area (Å²) in [6.45, 7) is 5.72. The second kappa shape index (κ2) is 4.27. The average molecular weight is 261 g/mol. The first kappa shape index (κ1) is 10.8. The number of hydrogen-bond donors (Lipinski definition) is 1. The summed E-state index contributed by atoms with van der Waals surface area (Å²) in [5, 5.41) is 0.699. The van der Waals surface area contributed by atoms with Crippen LogP contribution in [0.15, 0.2) is 34.8 Å². The predicted molar refractivity (Wildman–Crippen MR) is 60.9 cm³/mol. The molecule has 1 rings (SSSR count). The van der Waals surface area contributed by atoms with E-state index >= 15 is 0 Å². The highest BCUT2D eigenvalue weighted by Crippen LogP contribution is 2.28. The molecule has 0 fully saturated rings. The Bertz CT molecular complexity index is 336. The third-order valence-electron chi connectivity index (χ3n) is 1.83. The van der Waals surface area contributed by atoms with E-state index in [-0.39, 0.29) is 6.04 Å². The van der Waals surface area contributed by atoms with Gasteiger partial charge in [-0.25, -0.2) is 0 Å². The van der Waals surface area contributed by atoms with E-state index in [0.29, 0.717) is 5.02 Å². The Morgan fingerprint density at radius 3 is 2.69 bits per heavy atom. The first-order valence-electron chi connectivity index (χ1n) is 3.88. The zero-order chi connectivity index (χ0) is 10.0. The van der Waals surface area contributed by atoms with Gasteiger partial charge in [-0.2, -0.15) is 0 Å². The van der Waals surface area contributed by atoms with Crippen molar-refractivity contribution < 1.29 is 0 Å². The van der Waals surface area contributed by atoms with E-state index in [1.54, 1.807) is 0 Å². The monoisotopic (exact) mass is 259 g/mol. The number of rotatable bonds is 2. The molecular formula is C10H11BrClN. The Kier molecular flexibility index (Phi) is 3.54. The molecule has 0 radical (unpaired) electrons. The van der Waals surface area contributed by atoms with E-state index in [1.807, 2.05) is 25.1 Å². The van der Waals surface area contributed by atoms with Gasteiger partial charge < -0.3 is 5.73 Å². The number of halogens is 2. The van der Waals surface area contributed by atoms with Crippen LogP contribution in [0.4, 0.5) is 0 Å². The summed E-state index contributed by atoms with van der Waals surface area (Å²) in [6, 6.07) is 5.43. The fraction of sp³-hybridized carbons (Fsp3) is 0.200. The first-order chi connectivity index (χ1) is 6.02. The summed E-state index contributed by atoms with van der Waals surface area (Å²) < 4.78 is 0.926. The fourth-order valence-corrected chi connectivity index (χ4v) is 1.95. The van der Waals surface area contributed by atoms with Crippen molar-refractivity contribution in [3.8, 4) is 0 Å². The molecule has 1 unspecified atom stereocenters. The third kappa shape index (κ3) is 2.56. The van der Waals surface area contributed by atoms with E-state index < -0.39 is 0 Å². The molecule has 1 atom stereocenters. The molecular weight excluding hydrogens is 249 g/mol. The van der Waals surface area contributed by atoms with E-state index in [9.17, 15) is 0 Å². The van der Waals surface area contributed by atoms with Gasteiger partial charge >= 0.3 is 0 Å². The highest BCUT2D eigenvalue weighted by atomic mass is 79.9. The summed E-state index contributed by atoms with van der Waals surface area (Å²) in [6.07, 6.45) is 0. The highest BCUT2D eigenvalue weighted by molar-refractivity contribution is 9.10. The molecule has 0 amide bonds. The van der Waals surface area contributed by atoms with Crippen molar-refractivity contribution in [2.45, 2.75) is 13.0 Å². The van der Waals surface area contributed by atoms with Gasteiger partial charge in [0, 0.05) is 9.50 Å². The van der Waals surface area contributed by atoms with Crippen molar-refractivity contribution >= 4 is 27.5 Å². The molecule has 0 aromatic heterocycles. The molecule has 0 heterocycles. The average Bonchev–Trinajstić information content (AvgIpc) is 2.03. The van der Waals surface area contributed by atoms with Crippen LogP contribution < -0.4 is 5.73 Å². The van der Waals surface area contributed by atoms with Crippen LogP contribution in [0.2, 0.25) is 5.02 Å². The number of hydrogen-bond acceptors (Lipinski definition) is 1. The Morgan fingerprint density at radius 2 is 2.23 bits per heavy atom. The maximum atomic E-state index is 5.92. The molecule has 1 nitrogen and oxygen atoms in total. The topological polar surface area (TPSA) is 26.0 Å². The maximum Gasteiger partial charge on any atom is 0.0516 e. The van der Waals surface area contributed by atoms with Gasteiger partial charge in [0.2, 0.25) is 0 Å². The SMILES string of the molecule is C=C(C)C(N)c1ccc(Cl)cc1Br. The van der Waals surface area contributed by atoms with Crippen molar-refractivity contribution in [1.29, 1.82) is 0 Å². The molecule has 0 spiro atoms. The van der Waals surface area contributed by atoms with Gasteiger partial charge in [0.15, 0.2) is 0 Å². The molecule has 2 N–H and O–H groups in total. The van der Waals surface area contributed by atoms with Gasteiger partial charge in [0.25, 0.3) is 0 Å². The normalized spacial score (nSPS) is 12.6. The van der Waals surface area contributed by atoms with Gasteiger partial charge in [0.1, 0.15) is 0 Å². The molecule has 0 saturated heterocycles. The van der Waals surface area contributed by atoms with E-state index in [1.165, 1.54) is 0 Å².